The van der Waals surface area contributed by atoms with E-state index in [1.54, 1.807) is 38.3 Å². The van der Waals surface area contributed by atoms with Crippen molar-refractivity contribution in [2.75, 3.05) is 14.2 Å². The van der Waals surface area contributed by atoms with Gasteiger partial charge in [-0.1, -0.05) is 18.2 Å². The maximum Gasteiger partial charge on any atom is 0.271 e. The van der Waals surface area contributed by atoms with E-state index in [4.69, 9.17) is 9.47 Å². The van der Waals surface area contributed by atoms with Gasteiger partial charge in [0.15, 0.2) is 0 Å². The molecule has 0 fully saturated rings. The molecule has 27 heavy (non-hydrogen) atoms. The highest BCUT2D eigenvalue weighted by molar-refractivity contribution is 6.01. The Labute approximate surface area is 158 Å². The Morgan fingerprint density at radius 3 is 2.37 bits per heavy atom. The van der Waals surface area contributed by atoms with Gasteiger partial charge in [-0.25, -0.2) is 5.43 Å². The van der Waals surface area contributed by atoms with E-state index in [1.165, 1.54) is 7.11 Å². The van der Waals surface area contributed by atoms with Crippen LogP contribution in [0.3, 0.4) is 0 Å². The number of rotatable bonds is 8. The smallest absolute Gasteiger partial charge is 0.271 e. The van der Waals surface area contributed by atoms with Crippen LogP contribution in [0.15, 0.2) is 53.6 Å². The average molecular weight is 369 g/mol. The second-order valence-corrected chi connectivity index (χ2v) is 5.82. The highest BCUT2D eigenvalue weighted by Gasteiger charge is 2.07. The van der Waals surface area contributed by atoms with Crippen LogP contribution in [0.4, 0.5) is 0 Å². The average Bonchev–Trinajstić information content (AvgIpc) is 2.70. The molecule has 0 aliphatic heterocycles. The fourth-order valence-electron chi connectivity index (χ4n) is 2.25. The Balaban J connectivity index is 1.81. The third-order valence-electron chi connectivity index (χ3n) is 3.75. The lowest BCUT2D eigenvalue weighted by atomic mass is 10.2. The molecule has 0 atom stereocenters. The SMILES string of the molecule is COc1ccc(CNC(=O)C/C(C)=N\NC(=O)c2cccc(OC)c2)cc1. The minimum absolute atomic E-state index is 0.0918. The number of nitrogens with one attached hydrogen (secondary N) is 2. The summed E-state index contributed by atoms with van der Waals surface area (Å²) in [5.74, 6) is 0.802. The van der Waals surface area contributed by atoms with Crippen molar-refractivity contribution in [3.8, 4) is 11.5 Å². The summed E-state index contributed by atoms with van der Waals surface area (Å²) >= 11 is 0. The third-order valence-corrected chi connectivity index (χ3v) is 3.75. The van der Waals surface area contributed by atoms with Gasteiger partial charge in [-0.15, -0.1) is 0 Å². The summed E-state index contributed by atoms with van der Waals surface area (Å²) in [4.78, 5) is 24.1. The molecule has 0 aromatic heterocycles. The molecule has 0 aliphatic carbocycles. The Bertz CT molecular complexity index is 816. The van der Waals surface area contributed by atoms with Crippen LogP contribution < -0.4 is 20.2 Å². The summed E-state index contributed by atoms with van der Waals surface area (Å²) in [7, 11) is 3.13. The summed E-state index contributed by atoms with van der Waals surface area (Å²) in [6, 6.07) is 14.2. The quantitative estimate of drug-likeness (QED) is 0.553. The molecule has 7 heteroatoms. The predicted octanol–water partition coefficient (Wildman–Crippen LogP) is 2.52. The first-order valence-electron chi connectivity index (χ1n) is 8.39. The third kappa shape index (κ3) is 6.47. The molecule has 0 aliphatic rings. The molecule has 0 bridgehead atoms. The van der Waals surface area contributed by atoms with Crippen LogP contribution in [-0.4, -0.2) is 31.7 Å². The molecule has 7 nitrogen and oxygen atoms in total. The molecule has 0 heterocycles. The molecule has 2 rings (SSSR count). The van der Waals surface area contributed by atoms with Crippen LogP contribution >= 0.6 is 0 Å². The summed E-state index contributed by atoms with van der Waals surface area (Å²) in [6.45, 7) is 2.09. The maximum absolute atomic E-state index is 12.1. The number of benzene rings is 2. The summed E-state index contributed by atoms with van der Waals surface area (Å²) in [5, 5.41) is 6.78. The van der Waals surface area contributed by atoms with Gasteiger partial charge >= 0.3 is 0 Å². The van der Waals surface area contributed by atoms with E-state index in [1.807, 2.05) is 24.3 Å². The fourth-order valence-corrected chi connectivity index (χ4v) is 2.25. The molecule has 2 N–H and O–H groups in total. The molecule has 0 radical (unpaired) electrons. The minimum atomic E-state index is -0.369. The zero-order valence-electron chi connectivity index (χ0n) is 15.6. The van der Waals surface area contributed by atoms with Gasteiger partial charge in [0, 0.05) is 17.8 Å². The predicted molar refractivity (Wildman–Crippen MR) is 103 cm³/mol. The van der Waals surface area contributed by atoms with Crippen molar-refractivity contribution in [2.45, 2.75) is 19.9 Å². The zero-order chi connectivity index (χ0) is 19.6. The van der Waals surface area contributed by atoms with Gasteiger partial charge < -0.3 is 14.8 Å². The van der Waals surface area contributed by atoms with Crippen molar-refractivity contribution in [1.29, 1.82) is 0 Å². The van der Waals surface area contributed by atoms with Gasteiger partial charge in [-0.3, -0.25) is 9.59 Å². The highest BCUT2D eigenvalue weighted by atomic mass is 16.5. The van der Waals surface area contributed by atoms with Crippen LogP contribution in [0.5, 0.6) is 11.5 Å². The number of amides is 2. The van der Waals surface area contributed by atoms with Gasteiger partial charge in [0.1, 0.15) is 11.5 Å². The van der Waals surface area contributed by atoms with Crippen molar-refractivity contribution in [3.63, 3.8) is 0 Å². The first kappa shape index (κ1) is 20.0. The molecule has 142 valence electrons. The van der Waals surface area contributed by atoms with E-state index < -0.39 is 0 Å². The topological polar surface area (TPSA) is 89.0 Å². The van der Waals surface area contributed by atoms with E-state index in [0.29, 0.717) is 23.6 Å². The lowest BCUT2D eigenvalue weighted by Crippen LogP contribution is -2.26. The lowest BCUT2D eigenvalue weighted by molar-refractivity contribution is -0.120. The largest absolute Gasteiger partial charge is 0.497 e. The van der Waals surface area contributed by atoms with Crippen molar-refractivity contribution in [3.05, 3.63) is 59.7 Å². The summed E-state index contributed by atoms with van der Waals surface area (Å²) in [6.07, 6.45) is 0.0918. The molecule has 0 spiro atoms. The number of nitrogens with zero attached hydrogens (tertiary/aromatic N) is 1. The number of ether oxygens (including phenoxy) is 2. The Morgan fingerprint density at radius 2 is 1.70 bits per heavy atom. The number of carbonyl (C=O) groups excluding carboxylic acids is 2. The van der Waals surface area contributed by atoms with Crippen LogP contribution in [0.1, 0.15) is 29.3 Å². The molecular formula is C20H23N3O4. The van der Waals surface area contributed by atoms with Gasteiger partial charge in [0.25, 0.3) is 5.91 Å². The van der Waals surface area contributed by atoms with E-state index in [0.717, 1.165) is 11.3 Å². The number of hydrogen-bond donors (Lipinski definition) is 2. The molecule has 2 amide bonds. The number of hydrazone groups is 1. The van der Waals surface area contributed by atoms with Crippen LogP contribution in [0, 0.1) is 0 Å². The second kappa shape index (κ2) is 9.96. The Kier molecular flexibility index (Phi) is 7.37. The molecule has 0 unspecified atom stereocenters. The first-order valence-corrected chi connectivity index (χ1v) is 8.39. The summed E-state index contributed by atoms with van der Waals surface area (Å²) < 4.78 is 10.2. The van der Waals surface area contributed by atoms with E-state index in [9.17, 15) is 9.59 Å². The second-order valence-electron chi connectivity index (χ2n) is 5.82. The van der Waals surface area contributed by atoms with Gasteiger partial charge in [-0.05, 0) is 42.8 Å². The van der Waals surface area contributed by atoms with Crippen molar-refractivity contribution in [2.24, 2.45) is 5.10 Å². The normalized spacial score (nSPS) is 10.9. The lowest BCUT2D eigenvalue weighted by Gasteiger charge is -2.07. The van der Waals surface area contributed by atoms with E-state index in [2.05, 4.69) is 15.8 Å². The maximum atomic E-state index is 12.1. The standard InChI is InChI=1S/C20H23N3O4/c1-14(22-23-20(25)16-5-4-6-18(12-16)27-3)11-19(24)21-13-15-7-9-17(26-2)10-8-15/h4-10,12H,11,13H2,1-3H3,(H,21,24)(H,23,25)/b22-14-. The zero-order valence-corrected chi connectivity index (χ0v) is 15.6. The van der Waals surface area contributed by atoms with Crippen LogP contribution in [-0.2, 0) is 11.3 Å². The molecular weight excluding hydrogens is 346 g/mol. The van der Waals surface area contributed by atoms with Crippen molar-refractivity contribution in [1.82, 2.24) is 10.7 Å². The number of methoxy groups -OCH3 is 2. The van der Waals surface area contributed by atoms with Gasteiger partial charge in [-0.2, -0.15) is 5.10 Å². The van der Waals surface area contributed by atoms with Gasteiger partial charge in [0.2, 0.25) is 5.91 Å². The molecule has 0 saturated carbocycles. The van der Waals surface area contributed by atoms with Crippen molar-refractivity contribution < 1.29 is 19.1 Å². The molecule has 0 saturated heterocycles. The highest BCUT2D eigenvalue weighted by Crippen LogP contribution is 2.12. The molecule has 2 aromatic rings. The monoisotopic (exact) mass is 369 g/mol. The minimum Gasteiger partial charge on any atom is -0.497 e. The van der Waals surface area contributed by atoms with E-state index in [-0.39, 0.29) is 18.2 Å². The summed E-state index contributed by atoms with van der Waals surface area (Å²) in [5.41, 5.74) is 4.33. The Morgan fingerprint density at radius 1 is 1.00 bits per heavy atom. The van der Waals surface area contributed by atoms with Gasteiger partial charge in [0.05, 0.1) is 20.6 Å². The van der Waals surface area contributed by atoms with Crippen LogP contribution in [0.2, 0.25) is 0 Å². The Hall–Kier alpha value is -3.35. The van der Waals surface area contributed by atoms with Crippen LogP contribution in [0.25, 0.3) is 0 Å². The molecule has 2 aromatic carbocycles. The van der Waals surface area contributed by atoms with Crippen molar-refractivity contribution >= 4 is 17.5 Å². The first-order chi connectivity index (χ1) is 13.0. The number of carbonyl (C=O) groups is 2. The number of hydrogen-bond acceptors (Lipinski definition) is 5. The van der Waals surface area contributed by atoms with E-state index >= 15 is 0 Å². The fraction of sp³-hybridized carbons (Fsp3) is 0.250.